The van der Waals surface area contributed by atoms with E-state index in [2.05, 4.69) is 74.2 Å². The van der Waals surface area contributed by atoms with Crippen LogP contribution in [-0.2, 0) is 0 Å². The molecule has 3 heteroatoms. The van der Waals surface area contributed by atoms with E-state index in [0.717, 1.165) is 55.3 Å². The van der Waals surface area contributed by atoms with Gasteiger partial charge in [-0.25, -0.2) is 0 Å². The fourth-order valence-electron chi connectivity index (χ4n) is 4.74. The molecule has 0 fully saturated rings. The molecule has 152 valence electrons. The second kappa shape index (κ2) is 6.39. The summed E-state index contributed by atoms with van der Waals surface area (Å²) in [5.74, 6) is 0. The lowest BCUT2D eigenvalue weighted by atomic mass is 9.98. The Balaban J connectivity index is 1.74. The molecule has 0 aliphatic heterocycles. The number of benzene rings is 4. The lowest BCUT2D eigenvalue weighted by Crippen LogP contribution is -2.37. The van der Waals surface area contributed by atoms with Crippen molar-refractivity contribution in [2.24, 2.45) is 0 Å². The van der Waals surface area contributed by atoms with Gasteiger partial charge in [-0.1, -0.05) is 48.5 Å². The van der Waals surface area contributed by atoms with E-state index in [9.17, 15) is 0 Å². The van der Waals surface area contributed by atoms with E-state index in [0.29, 0.717) is 0 Å². The third-order valence-corrected chi connectivity index (χ3v) is 5.91. The second-order valence-electron chi connectivity index (χ2n) is 9.00. The van der Waals surface area contributed by atoms with Crippen LogP contribution in [0.1, 0.15) is 20.8 Å². The fourth-order valence-corrected chi connectivity index (χ4v) is 4.74. The molecule has 0 atom stereocenters. The fraction of sp³-hybridized carbons (Fsp3) is 0.143. The van der Waals surface area contributed by atoms with Crippen molar-refractivity contribution >= 4 is 55.3 Å². The first-order valence-corrected chi connectivity index (χ1v) is 10.6. The van der Waals surface area contributed by atoms with Crippen LogP contribution in [0.3, 0.4) is 0 Å². The molecular formula is C28H23NO2. The van der Waals surface area contributed by atoms with Gasteiger partial charge >= 0.3 is 0 Å². The van der Waals surface area contributed by atoms with E-state index in [4.69, 9.17) is 8.83 Å². The van der Waals surface area contributed by atoms with Gasteiger partial charge in [-0.05, 0) is 57.2 Å². The van der Waals surface area contributed by atoms with Crippen molar-refractivity contribution < 1.29 is 8.83 Å². The Morgan fingerprint density at radius 2 is 0.935 bits per heavy atom. The van der Waals surface area contributed by atoms with Crippen LogP contribution in [0, 0.1) is 0 Å². The molecule has 6 aromatic rings. The molecule has 0 aliphatic carbocycles. The van der Waals surface area contributed by atoms with Crippen LogP contribution >= 0.6 is 0 Å². The zero-order chi connectivity index (χ0) is 21.2. The van der Waals surface area contributed by atoms with Crippen LogP contribution in [0.5, 0.6) is 0 Å². The topological polar surface area (TPSA) is 29.5 Å². The molecule has 0 amide bonds. The summed E-state index contributed by atoms with van der Waals surface area (Å²) in [6, 6.07) is 29.1. The van der Waals surface area contributed by atoms with Crippen molar-refractivity contribution in [3.63, 3.8) is 0 Å². The molecule has 6 rings (SSSR count). The molecule has 3 nitrogen and oxygen atoms in total. The number of rotatable bonds is 2. The molecule has 0 N–H and O–H groups in total. The van der Waals surface area contributed by atoms with Crippen molar-refractivity contribution in [1.82, 2.24) is 0 Å². The van der Waals surface area contributed by atoms with Crippen LogP contribution in [0.15, 0.2) is 93.8 Å². The lowest BCUT2D eigenvalue weighted by molar-refractivity contribution is 0.562. The highest BCUT2D eigenvalue weighted by Crippen LogP contribution is 2.45. The van der Waals surface area contributed by atoms with E-state index in [1.54, 1.807) is 0 Å². The smallest absolute Gasteiger partial charge is 0.137 e. The minimum absolute atomic E-state index is 0.181. The third kappa shape index (κ3) is 2.66. The van der Waals surface area contributed by atoms with E-state index < -0.39 is 0 Å². The highest BCUT2D eigenvalue weighted by atomic mass is 16.3. The maximum atomic E-state index is 6.19. The monoisotopic (exact) mass is 405 g/mol. The number of anilines is 2. The summed E-state index contributed by atoms with van der Waals surface area (Å²) in [5.41, 5.74) is 5.70. The molecule has 4 aromatic carbocycles. The molecule has 2 aromatic heterocycles. The average molecular weight is 405 g/mol. The first kappa shape index (κ1) is 18.1. The molecule has 0 radical (unpaired) electrons. The largest absolute Gasteiger partial charge is 0.456 e. The molecule has 0 bridgehead atoms. The second-order valence-corrected chi connectivity index (χ2v) is 9.00. The number of nitrogens with zero attached hydrogens (tertiary/aromatic N) is 1. The van der Waals surface area contributed by atoms with E-state index >= 15 is 0 Å². The number of furan rings is 2. The molecular weight excluding hydrogens is 382 g/mol. The Labute approximate surface area is 180 Å². The predicted molar refractivity (Wildman–Crippen MR) is 129 cm³/mol. The molecule has 2 heterocycles. The maximum Gasteiger partial charge on any atom is 0.137 e. The summed E-state index contributed by atoms with van der Waals surface area (Å²) in [4.78, 5) is 2.42. The quantitative estimate of drug-likeness (QED) is 0.289. The number of hydrogen-bond acceptors (Lipinski definition) is 3. The first-order valence-electron chi connectivity index (χ1n) is 10.6. The summed E-state index contributed by atoms with van der Waals surface area (Å²) in [5, 5.41) is 4.54. The molecule has 0 unspecified atom stereocenters. The average Bonchev–Trinajstić information content (AvgIpc) is 3.32. The number of fused-ring (bicyclic) bond motifs is 6. The Hall–Kier alpha value is -3.72. The SMILES string of the molecule is CC(C)(C)N(c1cccc2oc3ccccc3c12)c1cccc2oc3ccccc3c12. The number of hydrogen-bond donors (Lipinski definition) is 0. The highest BCUT2D eigenvalue weighted by molar-refractivity contribution is 6.16. The van der Waals surface area contributed by atoms with Crippen molar-refractivity contribution in [3.05, 3.63) is 84.9 Å². The Morgan fingerprint density at radius 1 is 0.516 bits per heavy atom. The Bertz CT molecular complexity index is 1470. The normalized spacial score (nSPS) is 12.4. The third-order valence-electron chi connectivity index (χ3n) is 5.91. The summed E-state index contributed by atoms with van der Waals surface area (Å²) in [6.45, 7) is 6.74. The zero-order valence-corrected chi connectivity index (χ0v) is 17.8. The van der Waals surface area contributed by atoms with Crippen LogP contribution in [0.4, 0.5) is 11.4 Å². The Kier molecular flexibility index (Phi) is 3.73. The van der Waals surface area contributed by atoms with Crippen molar-refractivity contribution in [3.8, 4) is 0 Å². The summed E-state index contributed by atoms with van der Waals surface area (Å²) in [7, 11) is 0. The van der Waals surface area contributed by atoms with Crippen molar-refractivity contribution in [2.45, 2.75) is 26.3 Å². The molecule has 0 aliphatic rings. The zero-order valence-electron chi connectivity index (χ0n) is 17.8. The van der Waals surface area contributed by atoms with Crippen LogP contribution < -0.4 is 4.90 Å². The van der Waals surface area contributed by atoms with Crippen molar-refractivity contribution in [1.29, 1.82) is 0 Å². The minimum atomic E-state index is -0.181. The maximum absolute atomic E-state index is 6.19. The Morgan fingerprint density at radius 3 is 1.39 bits per heavy atom. The van der Waals surface area contributed by atoms with Gasteiger partial charge in [0.2, 0.25) is 0 Å². The summed E-state index contributed by atoms with van der Waals surface area (Å²) >= 11 is 0. The van der Waals surface area contributed by atoms with Gasteiger partial charge in [0, 0.05) is 16.3 Å². The van der Waals surface area contributed by atoms with Gasteiger partial charge in [0.15, 0.2) is 0 Å². The molecule has 0 saturated heterocycles. The van der Waals surface area contributed by atoms with Gasteiger partial charge in [0.25, 0.3) is 0 Å². The first-order chi connectivity index (χ1) is 15.0. The van der Waals surface area contributed by atoms with Gasteiger partial charge < -0.3 is 13.7 Å². The lowest BCUT2D eigenvalue weighted by Gasteiger charge is -2.38. The summed E-state index contributed by atoms with van der Waals surface area (Å²) < 4.78 is 12.4. The number of para-hydroxylation sites is 2. The summed E-state index contributed by atoms with van der Waals surface area (Å²) in [6.07, 6.45) is 0. The molecule has 0 saturated carbocycles. The minimum Gasteiger partial charge on any atom is -0.456 e. The predicted octanol–water partition coefficient (Wildman–Crippen LogP) is 8.42. The van der Waals surface area contributed by atoms with Crippen LogP contribution in [0.25, 0.3) is 43.9 Å². The van der Waals surface area contributed by atoms with Gasteiger partial charge in [-0.2, -0.15) is 0 Å². The van der Waals surface area contributed by atoms with Crippen LogP contribution in [0.2, 0.25) is 0 Å². The molecule has 0 spiro atoms. The standard InChI is InChI=1S/C28H23NO2/c1-28(2,3)29(20-12-8-16-24-26(20)18-10-4-6-14-22(18)30-24)21-13-9-17-25-27(21)19-11-5-7-15-23(19)31-25/h4-17H,1-3H3. The molecule has 31 heavy (non-hydrogen) atoms. The highest BCUT2D eigenvalue weighted by Gasteiger charge is 2.29. The van der Waals surface area contributed by atoms with Crippen LogP contribution in [-0.4, -0.2) is 5.54 Å². The van der Waals surface area contributed by atoms with Gasteiger partial charge in [-0.15, -0.1) is 0 Å². The van der Waals surface area contributed by atoms with Gasteiger partial charge in [-0.3, -0.25) is 0 Å². The van der Waals surface area contributed by atoms with E-state index in [1.807, 2.05) is 36.4 Å². The van der Waals surface area contributed by atoms with Gasteiger partial charge in [0.05, 0.1) is 22.1 Å². The van der Waals surface area contributed by atoms with E-state index in [1.165, 1.54) is 0 Å². The van der Waals surface area contributed by atoms with Crippen molar-refractivity contribution in [2.75, 3.05) is 4.90 Å². The van der Waals surface area contributed by atoms with E-state index in [-0.39, 0.29) is 5.54 Å². The van der Waals surface area contributed by atoms with Gasteiger partial charge in [0.1, 0.15) is 22.3 Å².